The lowest BCUT2D eigenvalue weighted by Gasteiger charge is -2.18. The van der Waals surface area contributed by atoms with E-state index in [0.29, 0.717) is 18.5 Å². The normalized spacial score (nSPS) is 19.7. The van der Waals surface area contributed by atoms with Gasteiger partial charge >= 0.3 is 6.03 Å². The molecule has 0 unspecified atom stereocenters. The van der Waals surface area contributed by atoms with Crippen LogP contribution >= 0.6 is 0 Å². The first-order valence-electron chi connectivity index (χ1n) is 9.46. The van der Waals surface area contributed by atoms with E-state index in [0.717, 1.165) is 31.2 Å². The fourth-order valence-electron chi connectivity index (χ4n) is 3.66. The third-order valence-electron chi connectivity index (χ3n) is 5.06. The average Bonchev–Trinajstić information content (AvgIpc) is 2.97. The maximum absolute atomic E-state index is 12.2. The Kier molecular flexibility index (Phi) is 6.33. The summed E-state index contributed by atoms with van der Waals surface area (Å²) in [5.74, 6) is 0.666. The molecule has 2 aliphatic rings. The molecule has 2 N–H and O–H groups in total. The highest BCUT2D eigenvalue weighted by atomic mass is 16.5. The van der Waals surface area contributed by atoms with Crippen LogP contribution in [0.3, 0.4) is 0 Å². The van der Waals surface area contributed by atoms with E-state index < -0.39 is 0 Å². The highest BCUT2D eigenvalue weighted by Crippen LogP contribution is 2.25. The Balaban J connectivity index is 1.49. The molecule has 0 aliphatic heterocycles. The quantitative estimate of drug-likeness (QED) is 0.804. The van der Waals surface area contributed by atoms with Crippen LogP contribution in [-0.4, -0.2) is 23.2 Å². The van der Waals surface area contributed by atoms with Crippen LogP contribution in [0.25, 0.3) is 0 Å². The van der Waals surface area contributed by atoms with Crippen LogP contribution in [0.2, 0.25) is 0 Å². The monoisotopic (exact) mass is 331 g/mol. The summed E-state index contributed by atoms with van der Waals surface area (Å²) in [4.78, 5) is 16.5. The Morgan fingerprint density at radius 1 is 1.08 bits per heavy atom. The zero-order chi connectivity index (χ0) is 16.6. The largest absolute Gasteiger partial charge is 0.474 e. The van der Waals surface area contributed by atoms with E-state index in [4.69, 9.17) is 4.74 Å². The van der Waals surface area contributed by atoms with Crippen molar-refractivity contribution in [1.82, 2.24) is 15.6 Å². The van der Waals surface area contributed by atoms with E-state index in [1.54, 1.807) is 6.20 Å². The molecule has 132 valence electrons. The van der Waals surface area contributed by atoms with Gasteiger partial charge < -0.3 is 15.4 Å². The van der Waals surface area contributed by atoms with Crippen molar-refractivity contribution in [2.24, 2.45) is 0 Å². The fraction of sp³-hybridized carbons (Fsp3) is 0.684. The molecule has 24 heavy (non-hydrogen) atoms. The first kappa shape index (κ1) is 17.1. The molecule has 0 bridgehead atoms. The highest BCUT2D eigenvalue weighted by Gasteiger charge is 2.19. The molecule has 2 amide bonds. The summed E-state index contributed by atoms with van der Waals surface area (Å²) in [5, 5.41) is 6.07. The molecule has 5 heteroatoms. The number of urea groups is 1. The summed E-state index contributed by atoms with van der Waals surface area (Å²) >= 11 is 0. The highest BCUT2D eigenvalue weighted by molar-refractivity contribution is 5.74. The van der Waals surface area contributed by atoms with Crippen molar-refractivity contribution in [3.63, 3.8) is 0 Å². The standard InChI is InChI=1S/C19H29N3O2/c23-19(22-16-9-3-1-2-4-10-16)21-14-15-8-7-13-20-18(15)24-17-11-5-6-12-17/h7-8,13,16-17H,1-6,9-12,14H2,(H2,21,22,23). The molecular weight excluding hydrogens is 302 g/mol. The minimum absolute atomic E-state index is 0.0856. The number of nitrogens with zero attached hydrogens (tertiary/aromatic N) is 1. The first-order valence-corrected chi connectivity index (χ1v) is 9.46. The first-order chi connectivity index (χ1) is 11.8. The zero-order valence-electron chi connectivity index (χ0n) is 14.4. The lowest BCUT2D eigenvalue weighted by Crippen LogP contribution is -2.41. The molecule has 0 atom stereocenters. The predicted molar refractivity (Wildman–Crippen MR) is 94.0 cm³/mol. The van der Waals surface area contributed by atoms with Crippen LogP contribution in [0.1, 0.15) is 69.8 Å². The van der Waals surface area contributed by atoms with Crippen molar-refractivity contribution in [3.05, 3.63) is 23.9 Å². The van der Waals surface area contributed by atoms with E-state index in [1.807, 2.05) is 12.1 Å². The van der Waals surface area contributed by atoms with Gasteiger partial charge in [0.05, 0.1) is 0 Å². The van der Waals surface area contributed by atoms with E-state index in [1.165, 1.54) is 38.5 Å². The van der Waals surface area contributed by atoms with Gasteiger partial charge in [-0.3, -0.25) is 0 Å². The Bertz CT molecular complexity index is 521. The number of nitrogens with one attached hydrogen (secondary N) is 2. The smallest absolute Gasteiger partial charge is 0.315 e. The second-order valence-corrected chi connectivity index (χ2v) is 7.01. The van der Waals surface area contributed by atoms with E-state index in [9.17, 15) is 4.79 Å². The fourth-order valence-corrected chi connectivity index (χ4v) is 3.66. The summed E-state index contributed by atoms with van der Waals surface area (Å²) in [6, 6.07) is 4.10. The lowest BCUT2D eigenvalue weighted by molar-refractivity contribution is 0.198. The lowest BCUT2D eigenvalue weighted by atomic mass is 10.1. The topological polar surface area (TPSA) is 63.2 Å². The van der Waals surface area contributed by atoms with Gasteiger partial charge in [-0.15, -0.1) is 0 Å². The van der Waals surface area contributed by atoms with Crippen molar-refractivity contribution in [2.75, 3.05) is 0 Å². The Morgan fingerprint density at radius 2 is 1.79 bits per heavy atom. The number of carbonyl (C=O) groups excluding carboxylic acids is 1. The number of aromatic nitrogens is 1. The number of pyridine rings is 1. The number of rotatable bonds is 5. The molecule has 2 fully saturated rings. The SMILES string of the molecule is O=C(NCc1cccnc1OC1CCCC1)NC1CCCCCC1. The van der Waals surface area contributed by atoms with Gasteiger partial charge in [-0.2, -0.15) is 0 Å². The molecular formula is C19H29N3O2. The van der Waals surface area contributed by atoms with Gasteiger partial charge in [0.2, 0.25) is 5.88 Å². The van der Waals surface area contributed by atoms with Crippen molar-refractivity contribution < 1.29 is 9.53 Å². The van der Waals surface area contributed by atoms with Gasteiger partial charge in [0.1, 0.15) is 6.10 Å². The maximum atomic E-state index is 12.2. The van der Waals surface area contributed by atoms with Gasteiger partial charge in [-0.1, -0.05) is 31.7 Å². The van der Waals surface area contributed by atoms with Gasteiger partial charge in [-0.05, 0) is 44.6 Å². The Hall–Kier alpha value is -1.78. The summed E-state index contributed by atoms with van der Waals surface area (Å²) in [6.45, 7) is 0.453. The van der Waals surface area contributed by atoms with Crippen LogP contribution in [0.15, 0.2) is 18.3 Å². The van der Waals surface area contributed by atoms with Crippen molar-refractivity contribution in [3.8, 4) is 5.88 Å². The predicted octanol–water partition coefficient (Wildman–Crippen LogP) is 3.93. The minimum Gasteiger partial charge on any atom is -0.474 e. The Labute approximate surface area is 144 Å². The molecule has 1 heterocycles. The third-order valence-corrected chi connectivity index (χ3v) is 5.06. The van der Waals surface area contributed by atoms with Gasteiger partial charge in [-0.25, -0.2) is 9.78 Å². The maximum Gasteiger partial charge on any atom is 0.315 e. The molecule has 0 aromatic carbocycles. The molecule has 0 spiro atoms. The van der Waals surface area contributed by atoms with Gasteiger partial charge in [0.25, 0.3) is 0 Å². The summed E-state index contributed by atoms with van der Waals surface area (Å²) < 4.78 is 6.02. The van der Waals surface area contributed by atoms with Crippen LogP contribution in [0.4, 0.5) is 4.79 Å². The van der Waals surface area contributed by atoms with Crippen LogP contribution in [-0.2, 0) is 6.54 Å². The van der Waals surface area contributed by atoms with Crippen LogP contribution in [0.5, 0.6) is 5.88 Å². The second-order valence-electron chi connectivity index (χ2n) is 7.01. The second kappa shape index (κ2) is 8.90. The Morgan fingerprint density at radius 3 is 2.54 bits per heavy atom. The zero-order valence-corrected chi connectivity index (χ0v) is 14.4. The number of amides is 2. The van der Waals surface area contributed by atoms with Crippen molar-refractivity contribution >= 4 is 6.03 Å². The van der Waals surface area contributed by atoms with Crippen LogP contribution < -0.4 is 15.4 Å². The number of ether oxygens (including phenoxy) is 1. The van der Waals surface area contributed by atoms with E-state index in [-0.39, 0.29) is 12.1 Å². The van der Waals surface area contributed by atoms with Crippen molar-refractivity contribution in [1.29, 1.82) is 0 Å². The average molecular weight is 331 g/mol. The molecule has 0 saturated heterocycles. The number of hydrogen-bond donors (Lipinski definition) is 2. The molecule has 3 rings (SSSR count). The van der Waals surface area contributed by atoms with Crippen LogP contribution in [0, 0.1) is 0 Å². The van der Waals surface area contributed by atoms with E-state index >= 15 is 0 Å². The number of hydrogen-bond acceptors (Lipinski definition) is 3. The summed E-state index contributed by atoms with van der Waals surface area (Å²) in [6.07, 6.45) is 13.9. The molecule has 0 radical (unpaired) electrons. The minimum atomic E-state index is -0.0856. The van der Waals surface area contributed by atoms with Crippen molar-refractivity contribution in [2.45, 2.75) is 82.9 Å². The number of carbonyl (C=O) groups is 1. The van der Waals surface area contributed by atoms with Gasteiger partial charge in [0.15, 0.2) is 0 Å². The molecule has 1 aromatic heterocycles. The molecule has 2 aliphatic carbocycles. The van der Waals surface area contributed by atoms with Gasteiger partial charge in [0, 0.05) is 24.3 Å². The molecule has 2 saturated carbocycles. The van der Waals surface area contributed by atoms with E-state index in [2.05, 4.69) is 15.6 Å². The third kappa shape index (κ3) is 5.11. The summed E-state index contributed by atoms with van der Waals surface area (Å²) in [7, 11) is 0. The molecule has 1 aromatic rings. The summed E-state index contributed by atoms with van der Waals surface area (Å²) in [5.41, 5.74) is 0.945. The molecule has 5 nitrogen and oxygen atoms in total.